The second-order valence-corrected chi connectivity index (χ2v) is 6.99. The molecule has 0 unspecified atom stereocenters. The zero-order valence-corrected chi connectivity index (χ0v) is 11.1. The maximum Gasteiger partial charge on any atom is 0.163 e. The second kappa shape index (κ2) is 3.37. The van der Waals surface area contributed by atoms with E-state index in [9.17, 15) is 4.79 Å². The molecule has 0 N–H and O–H groups in total. The van der Waals surface area contributed by atoms with Gasteiger partial charge in [-0.25, -0.2) is 0 Å². The second-order valence-electron chi connectivity index (χ2n) is 6.99. The third-order valence-electron chi connectivity index (χ3n) is 4.74. The van der Waals surface area contributed by atoms with Crippen LogP contribution in [0, 0.1) is 11.3 Å². The lowest BCUT2D eigenvalue weighted by Gasteiger charge is -2.36. The molecular weight excluding hydrogens is 212 g/mol. The van der Waals surface area contributed by atoms with Gasteiger partial charge in [-0.1, -0.05) is 20.3 Å². The predicted molar refractivity (Wildman–Crippen MR) is 66.5 cm³/mol. The fourth-order valence-electron chi connectivity index (χ4n) is 3.91. The SMILES string of the molecule is CC1(C)CC(=O)C2=C(C1)O[C@]1(C)CCCC[C@H]21. The molecule has 94 valence electrons. The molecule has 3 rings (SSSR count). The van der Waals surface area contributed by atoms with Crippen molar-refractivity contribution in [2.45, 2.75) is 64.9 Å². The van der Waals surface area contributed by atoms with Crippen LogP contribution in [-0.4, -0.2) is 11.4 Å². The van der Waals surface area contributed by atoms with Crippen LogP contribution in [0.4, 0.5) is 0 Å². The lowest BCUT2D eigenvalue weighted by atomic mass is 9.69. The Morgan fingerprint density at radius 3 is 2.71 bits per heavy atom. The van der Waals surface area contributed by atoms with Crippen molar-refractivity contribution in [3.63, 3.8) is 0 Å². The minimum Gasteiger partial charge on any atom is -0.491 e. The van der Waals surface area contributed by atoms with Crippen LogP contribution < -0.4 is 0 Å². The zero-order valence-electron chi connectivity index (χ0n) is 11.1. The largest absolute Gasteiger partial charge is 0.491 e. The Hall–Kier alpha value is -0.790. The van der Waals surface area contributed by atoms with Crippen LogP contribution in [0.3, 0.4) is 0 Å². The standard InChI is InChI=1S/C15H22O2/c1-14(2)8-11(16)13-10-6-4-5-7-15(10,3)17-12(13)9-14/h10H,4-9H2,1-3H3/t10-,15-/m1/s1. The van der Waals surface area contributed by atoms with Crippen LogP contribution in [0.25, 0.3) is 0 Å². The Labute approximate surface area is 103 Å². The highest BCUT2D eigenvalue weighted by Gasteiger charge is 2.52. The lowest BCUT2D eigenvalue weighted by Crippen LogP contribution is -2.37. The molecule has 2 heteroatoms. The van der Waals surface area contributed by atoms with Gasteiger partial charge in [-0.3, -0.25) is 4.79 Å². The van der Waals surface area contributed by atoms with Gasteiger partial charge in [0, 0.05) is 24.3 Å². The van der Waals surface area contributed by atoms with E-state index in [1.54, 1.807) is 0 Å². The van der Waals surface area contributed by atoms with E-state index in [0.717, 1.165) is 30.6 Å². The minimum absolute atomic E-state index is 0.0704. The quantitative estimate of drug-likeness (QED) is 0.640. The fraction of sp³-hybridized carbons (Fsp3) is 0.800. The molecule has 0 aromatic carbocycles. The van der Waals surface area contributed by atoms with E-state index >= 15 is 0 Å². The molecule has 0 aromatic heterocycles. The van der Waals surface area contributed by atoms with Gasteiger partial charge in [-0.15, -0.1) is 0 Å². The summed E-state index contributed by atoms with van der Waals surface area (Å²) in [5, 5.41) is 0. The lowest BCUT2D eigenvalue weighted by molar-refractivity contribution is -0.118. The van der Waals surface area contributed by atoms with E-state index in [-0.39, 0.29) is 11.0 Å². The molecule has 2 aliphatic carbocycles. The van der Waals surface area contributed by atoms with Crippen LogP contribution in [0.2, 0.25) is 0 Å². The Kier molecular flexibility index (Phi) is 2.24. The first kappa shape index (κ1) is 11.3. The van der Waals surface area contributed by atoms with Gasteiger partial charge in [0.2, 0.25) is 0 Å². The molecule has 0 saturated heterocycles. The van der Waals surface area contributed by atoms with Crippen LogP contribution in [0.5, 0.6) is 0 Å². The number of carbonyl (C=O) groups is 1. The Morgan fingerprint density at radius 1 is 1.18 bits per heavy atom. The molecule has 0 spiro atoms. The highest BCUT2D eigenvalue weighted by molar-refractivity contribution is 5.98. The molecule has 1 fully saturated rings. The Morgan fingerprint density at radius 2 is 1.94 bits per heavy atom. The average Bonchev–Trinajstić information content (AvgIpc) is 2.46. The summed E-state index contributed by atoms with van der Waals surface area (Å²) >= 11 is 0. The Bertz CT molecular complexity index is 405. The third-order valence-corrected chi connectivity index (χ3v) is 4.74. The van der Waals surface area contributed by atoms with E-state index < -0.39 is 0 Å². The first-order chi connectivity index (χ1) is 7.91. The number of ether oxygens (including phenoxy) is 1. The summed E-state index contributed by atoms with van der Waals surface area (Å²) in [6.45, 7) is 6.54. The van der Waals surface area contributed by atoms with E-state index in [0.29, 0.717) is 18.1 Å². The molecule has 1 saturated carbocycles. The molecule has 2 atom stereocenters. The maximum atomic E-state index is 12.4. The topological polar surface area (TPSA) is 26.3 Å². The van der Waals surface area contributed by atoms with E-state index in [2.05, 4.69) is 20.8 Å². The Balaban J connectivity index is 1.98. The summed E-state index contributed by atoms with van der Waals surface area (Å²) in [6.07, 6.45) is 6.38. The number of hydrogen-bond donors (Lipinski definition) is 0. The van der Waals surface area contributed by atoms with Crippen molar-refractivity contribution in [1.82, 2.24) is 0 Å². The van der Waals surface area contributed by atoms with E-state index in [4.69, 9.17) is 4.74 Å². The zero-order chi connectivity index (χ0) is 12.3. The maximum absolute atomic E-state index is 12.4. The number of allylic oxidation sites excluding steroid dienone is 1. The number of hydrogen-bond acceptors (Lipinski definition) is 2. The normalized spacial score (nSPS) is 39.7. The number of ketones is 1. The molecule has 0 aromatic rings. The summed E-state index contributed by atoms with van der Waals surface area (Å²) in [6, 6.07) is 0. The highest BCUT2D eigenvalue weighted by Crippen LogP contribution is 2.53. The summed E-state index contributed by atoms with van der Waals surface area (Å²) in [5.74, 6) is 1.77. The van der Waals surface area contributed by atoms with E-state index in [1.807, 2.05) is 0 Å². The molecular formula is C15H22O2. The molecule has 1 aliphatic heterocycles. The van der Waals surface area contributed by atoms with Crippen molar-refractivity contribution in [3.8, 4) is 0 Å². The number of carbonyl (C=O) groups excluding carboxylic acids is 1. The van der Waals surface area contributed by atoms with Gasteiger partial charge in [0.25, 0.3) is 0 Å². The molecule has 0 bridgehead atoms. The highest BCUT2D eigenvalue weighted by atomic mass is 16.5. The van der Waals surface area contributed by atoms with Crippen molar-refractivity contribution < 1.29 is 9.53 Å². The van der Waals surface area contributed by atoms with Crippen LogP contribution >= 0.6 is 0 Å². The minimum atomic E-state index is -0.0704. The predicted octanol–water partition coefficient (Wildman–Crippen LogP) is 3.61. The number of Topliss-reactive ketones (excluding diaryl/α,β-unsaturated/α-hetero) is 1. The van der Waals surface area contributed by atoms with Gasteiger partial charge in [-0.05, 0) is 31.6 Å². The molecule has 1 heterocycles. The summed E-state index contributed by atoms with van der Waals surface area (Å²) < 4.78 is 6.22. The average molecular weight is 234 g/mol. The molecule has 17 heavy (non-hydrogen) atoms. The van der Waals surface area contributed by atoms with Gasteiger partial charge >= 0.3 is 0 Å². The first-order valence-corrected chi connectivity index (χ1v) is 6.87. The first-order valence-electron chi connectivity index (χ1n) is 6.87. The molecule has 2 nitrogen and oxygen atoms in total. The third kappa shape index (κ3) is 1.64. The number of rotatable bonds is 0. The van der Waals surface area contributed by atoms with Crippen LogP contribution in [0.15, 0.2) is 11.3 Å². The smallest absolute Gasteiger partial charge is 0.163 e. The van der Waals surface area contributed by atoms with Crippen molar-refractivity contribution in [2.24, 2.45) is 11.3 Å². The summed E-state index contributed by atoms with van der Waals surface area (Å²) in [5.41, 5.74) is 1.07. The van der Waals surface area contributed by atoms with Gasteiger partial charge in [-0.2, -0.15) is 0 Å². The van der Waals surface area contributed by atoms with Gasteiger partial charge in [0.05, 0.1) is 0 Å². The summed E-state index contributed by atoms with van der Waals surface area (Å²) in [7, 11) is 0. The van der Waals surface area contributed by atoms with Crippen molar-refractivity contribution in [3.05, 3.63) is 11.3 Å². The molecule has 0 amide bonds. The van der Waals surface area contributed by atoms with Gasteiger partial charge < -0.3 is 4.74 Å². The van der Waals surface area contributed by atoms with Crippen molar-refractivity contribution in [2.75, 3.05) is 0 Å². The van der Waals surface area contributed by atoms with Gasteiger partial charge in [0.15, 0.2) is 5.78 Å². The van der Waals surface area contributed by atoms with Crippen LogP contribution in [0.1, 0.15) is 59.3 Å². The van der Waals surface area contributed by atoms with Crippen molar-refractivity contribution >= 4 is 5.78 Å². The fourth-order valence-corrected chi connectivity index (χ4v) is 3.91. The van der Waals surface area contributed by atoms with Crippen molar-refractivity contribution in [1.29, 1.82) is 0 Å². The monoisotopic (exact) mass is 234 g/mol. The molecule has 3 aliphatic rings. The summed E-state index contributed by atoms with van der Waals surface area (Å²) in [4.78, 5) is 12.4. The van der Waals surface area contributed by atoms with Crippen LogP contribution in [-0.2, 0) is 9.53 Å². The van der Waals surface area contributed by atoms with Gasteiger partial charge in [0.1, 0.15) is 11.4 Å². The van der Waals surface area contributed by atoms with E-state index in [1.165, 1.54) is 12.8 Å². The molecule has 0 radical (unpaired) electrons. The number of fused-ring (bicyclic) bond motifs is 2.